The number of anilines is 1. The molecular formula is C22H32N4O3. The zero-order chi connectivity index (χ0) is 21.0. The smallest absolute Gasteiger partial charge is 0.321 e. The number of nitrogens with zero attached hydrogens (tertiary/aromatic N) is 2. The lowest BCUT2D eigenvalue weighted by Crippen LogP contribution is -2.49. The highest BCUT2D eigenvalue weighted by Crippen LogP contribution is 2.25. The fraction of sp³-hybridized carbons (Fsp3) is 0.591. The van der Waals surface area contributed by atoms with Crippen molar-refractivity contribution in [1.29, 1.82) is 0 Å². The molecule has 1 aromatic rings. The maximum absolute atomic E-state index is 12.7. The molecule has 29 heavy (non-hydrogen) atoms. The average molecular weight is 401 g/mol. The molecule has 4 amide bonds. The number of hydrogen-bond acceptors (Lipinski definition) is 3. The largest absolute Gasteiger partial charge is 0.350 e. The maximum Gasteiger partial charge on any atom is 0.321 e. The van der Waals surface area contributed by atoms with Crippen LogP contribution in [0, 0.1) is 5.41 Å². The number of hydrogen-bond donors (Lipinski definition) is 2. The van der Waals surface area contributed by atoms with E-state index in [1.54, 1.807) is 4.90 Å². The van der Waals surface area contributed by atoms with Crippen LogP contribution >= 0.6 is 0 Å². The summed E-state index contributed by atoms with van der Waals surface area (Å²) in [5.74, 6) is -0.103. The minimum atomic E-state index is -0.495. The summed E-state index contributed by atoms with van der Waals surface area (Å²) in [6, 6.07) is 7.02. The molecule has 0 aromatic heterocycles. The summed E-state index contributed by atoms with van der Waals surface area (Å²) in [5.41, 5.74) is 1.13. The molecule has 2 aliphatic rings. The molecule has 0 bridgehead atoms. The second-order valence-corrected chi connectivity index (χ2v) is 8.95. The van der Waals surface area contributed by atoms with Gasteiger partial charge in [-0.3, -0.25) is 9.59 Å². The van der Waals surface area contributed by atoms with Gasteiger partial charge in [-0.25, -0.2) is 4.79 Å². The van der Waals surface area contributed by atoms with Crippen LogP contribution in [0.3, 0.4) is 0 Å². The molecule has 0 spiro atoms. The Hall–Kier alpha value is -2.57. The number of rotatable bonds is 4. The van der Waals surface area contributed by atoms with Crippen molar-refractivity contribution >= 4 is 23.5 Å². The van der Waals surface area contributed by atoms with E-state index in [2.05, 4.69) is 10.6 Å². The third kappa shape index (κ3) is 5.28. The first-order valence-corrected chi connectivity index (χ1v) is 10.5. The predicted octanol–water partition coefficient (Wildman–Crippen LogP) is 2.97. The SMILES string of the molecule is CC(C)(C)C(=O)N1CCCC1C(=O)NCc1cccc(NC(=O)N2CCCC2)c1. The summed E-state index contributed by atoms with van der Waals surface area (Å²) in [6.07, 6.45) is 3.64. The van der Waals surface area contributed by atoms with Crippen LogP contribution in [-0.2, 0) is 16.1 Å². The summed E-state index contributed by atoms with van der Waals surface area (Å²) in [6.45, 7) is 8.23. The zero-order valence-corrected chi connectivity index (χ0v) is 17.7. The van der Waals surface area contributed by atoms with E-state index >= 15 is 0 Å². The van der Waals surface area contributed by atoms with Crippen molar-refractivity contribution in [3.05, 3.63) is 29.8 Å². The van der Waals surface area contributed by atoms with Crippen molar-refractivity contribution in [2.24, 2.45) is 5.41 Å². The Bertz CT molecular complexity index is 766. The number of carbonyl (C=O) groups excluding carboxylic acids is 3. The molecule has 2 heterocycles. The standard InChI is InChI=1S/C22H32N4O3/c1-22(2,3)20(28)26-13-7-10-18(26)19(27)23-15-16-8-6-9-17(14-16)24-21(29)25-11-4-5-12-25/h6,8-9,14,18H,4-5,7,10-13,15H2,1-3H3,(H,23,27)(H,24,29). The number of carbonyl (C=O) groups is 3. The molecular weight excluding hydrogens is 368 g/mol. The van der Waals surface area contributed by atoms with E-state index in [4.69, 9.17) is 0 Å². The van der Waals surface area contributed by atoms with E-state index in [1.807, 2.05) is 49.9 Å². The second-order valence-electron chi connectivity index (χ2n) is 8.95. The van der Waals surface area contributed by atoms with E-state index in [0.29, 0.717) is 19.5 Å². The van der Waals surface area contributed by atoms with Crippen molar-refractivity contribution < 1.29 is 14.4 Å². The molecule has 158 valence electrons. The number of nitrogens with one attached hydrogen (secondary N) is 2. The van der Waals surface area contributed by atoms with E-state index < -0.39 is 11.5 Å². The quantitative estimate of drug-likeness (QED) is 0.815. The van der Waals surface area contributed by atoms with Crippen LogP contribution in [0.4, 0.5) is 10.5 Å². The van der Waals surface area contributed by atoms with Crippen LogP contribution in [0.25, 0.3) is 0 Å². The van der Waals surface area contributed by atoms with E-state index in [0.717, 1.165) is 43.6 Å². The molecule has 2 fully saturated rings. The predicted molar refractivity (Wildman–Crippen MR) is 112 cm³/mol. The first kappa shape index (κ1) is 21.1. The van der Waals surface area contributed by atoms with Gasteiger partial charge in [0.1, 0.15) is 6.04 Å². The van der Waals surface area contributed by atoms with Crippen LogP contribution in [0.2, 0.25) is 0 Å². The van der Waals surface area contributed by atoms with Gasteiger partial charge >= 0.3 is 6.03 Å². The minimum Gasteiger partial charge on any atom is -0.350 e. The first-order valence-electron chi connectivity index (χ1n) is 10.5. The van der Waals surface area contributed by atoms with Gasteiger partial charge in [-0.2, -0.15) is 0 Å². The number of benzene rings is 1. The molecule has 1 aromatic carbocycles. The molecule has 2 saturated heterocycles. The highest BCUT2D eigenvalue weighted by atomic mass is 16.2. The Labute approximate surface area is 172 Å². The van der Waals surface area contributed by atoms with Gasteiger partial charge in [0.05, 0.1) is 0 Å². The summed E-state index contributed by atoms with van der Waals surface area (Å²) < 4.78 is 0. The van der Waals surface area contributed by atoms with E-state index in [9.17, 15) is 14.4 Å². The highest BCUT2D eigenvalue weighted by molar-refractivity contribution is 5.90. The lowest BCUT2D eigenvalue weighted by molar-refractivity contribution is -0.144. The molecule has 1 atom stereocenters. The van der Waals surface area contributed by atoms with Crippen LogP contribution in [0.5, 0.6) is 0 Å². The Kier molecular flexibility index (Phi) is 6.45. The summed E-state index contributed by atoms with van der Waals surface area (Å²) >= 11 is 0. The number of urea groups is 1. The number of amides is 4. The third-order valence-electron chi connectivity index (χ3n) is 5.50. The first-order chi connectivity index (χ1) is 13.8. The van der Waals surface area contributed by atoms with Crippen LogP contribution in [0.15, 0.2) is 24.3 Å². The maximum atomic E-state index is 12.7. The van der Waals surface area contributed by atoms with E-state index in [-0.39, 0.29) is 17.8 Å². The summed E-state index contributed by atoms with van der Waals surface area (Å²) in [4.78, 5) is 41.1. The Balaban J connectivity index is 1.56. The fourth-order valence-corrected chi connectivity index (χ4v) is 3.90. The molecule has 7 heteroatoms. The lowest BCUT2D eigenvalue weighted by Gasteiger charge is -2.30. The van der Waals surface area contributed by atoms with Crippen molar-refractivity contribution in [3.63, 3.8) is 0 Å². The monoisotopic (exact) mass is 400 g/mol. The van der Waals surface area contributed by atoms with Gasteiger partial charge in [0.25, 0.3) is 0 Å². The number of likely N-dealkylation sites (tertiary alicyclic amines) is 2. The van der Waals surface area contributed by atoms with Crippen LogP contribution < -0.4 is 10.6 Å². The van der Waals surface area contributed by atoms with Crippen LogP contribution in [0.1, 0.15) is 52.0 Å². The Morgan fingerprint density at radius 3 is 2.48 bits per heavy atom. The van der Waals surface area contributed by atoms with E-state index in [1.165, 1.54) is 0 Å². The van der Waals surface area contributed by atoms with Crippen molar-refractivity contribution in [3.8, 4) is 0 Å². The van der Waals surface area contributed by atoms with Crippen molar-refractivity contribution in [2.45, 2.75) is 59.0 Å². The normalized spacial score (nSPS) is 19.3. The average Bonchev–Trinajstić information content (AvgIpc) is 3.36. The molecule has 7 nitrogen and oxygen atoms in total. The van der Waals surface area contributed by atoms with Gasteiger partial charge in [-0.05, 0) is 43.4 Å². The molecule has 0 saturated carbocycles. The molecule has 2 aliphatic heterocycles. The van der Waals surface area contributed by atoms with Gasteiger partial charge in [0.2, 0.25) is 11.8 Å². The second kappa shape index (κ2) is 8.84. The Morgan fingerprint density at radius 2 is 1.79 bits per heavy atom. The molecule has 0 aliphatic carbocycles. The topological polar surface area (TPSA) is 81.8 Å². The Morgan fingerprint density at radius 1 is 1.07 bits per heavy atom. The van der Waals surface area contributed by atoms with Crippen molar-refractivity contribution in [1.82, 2.24) is 15.1 Å². The zero-order valence-electron chi connectivity index (χ0n) is 17.7. The third-order valence-corrected chi connectivity index (χ3v) is 5.50. The van der Waals surface area contributed by atoms with Gasteiger partial charge in [-0.15, -0.1) is 0 Å². The van der Waals surface area contributed by atoms with Crippen LogP contribution in [-0.4, -0.2) is 53.3 Å². The molecule has 3 rings (SSSR count). The van der Waals surface area contributed by atoms with Gasteiger partial charge in [-0.1, -0.05) is 32.9 Å². The van der Waals surface area contributed by atoms with Gasteiger partial charge < -0.3 is 20.4 Å². The van der Waals surface area contributed by atoms with Gasteiger partial charge in [0, 0.05) is 37.3 Å². The molecule has 2 N–H and O–H groups in total. The highest BCUT2D eigenvalue weighted by Gasteiger charge is 2.38. The van der Waals surface area contributed by atoms with Crippen molar-refractivity contribution in [2.75, 3.05) is 25.0 Å². The van der Waals surface area contributed by atoms with Gasteiger partial charge in [0.15, 0.2) is 0 Å². The minimum absolute atomic E-state index is 0.0155. The molecule has 1 unspecified atom stereocenters. The lowest BCUT2D eigenvalue weighted by atomic mass is 9.94. The molecule has 0 radical (unpaired) electrons. The summed E-state index contributed by atoms with van der Waals surface area (Å²) in [7, 11) is 0. The fourth-order valence-electron chi connectivity index (χ4n) is 3.90. The summed E-state index contributed by atoms with van der Waals surface area (Å²) in [5, 5.41) is 5.88.